The van der Waals surface area contributed by atoms with Crippen LogP contribution in [0.15, 0.2) is 77.9 Å². The zero-order valence-electron chi connectivity index (χ0n) is 16.8. The molecule has 33 heavy (non-hydrogen) atoms. The molecule has 1 saturated heterocycles. The first-order chi connectivity index (χ1) is 15.9. The Morgan fingerprint density at radius 1 is 0.970 bits per heavy atom. The Balaban J connectivity index is 1.62. The smallest absolute Gasteiger partial charge is 0.269 e. The summed E-state index contributed by atoms with van der Waals surface area (Å²) < 4.78 is 14.6. The fraction of sp³-hybridized carbons (Fsp3) is 0.0870. The molecule has 0 radical (unpaired) electrons. The van der Waals surface area contributed by atoms with Gasteiger partial charge in [-0.05, 0) is 48.0 Å². The highest BCUT2D eigenvalue weighted by Gasteiger charge is 2.57. The van der Waals surface area contributed by atoms with E-state index in [1.165, 1.54) is 41.4 Å². The zero-order valence-corrected chi connectivity index (χ0v) is 17.5. The third-order valence-corrected chi connectivity index (χ3v) is 5.83. The fourth-order valence-corrected chi connectivity index (χ4v) is 4.26. The number of hydrogen-bond donors (Lipinski definition) is 0. The minimum Gasteiger partial charge on any atom is -0.273 e. The van der Waals surface area contributed by atoms with Crippen molar-refractivity contribution in [2.24, 2.45) is 11.0 Å². The second kappa shape index (κ2) is 7.79. The Morgan fingerprint density at radius 3 is 2.30 bits per heavy atom. The van der Waals surface area contributed by atoms with Crippen molar-refractivity contribution in [3.8, 4) is 0 Å². The molecule has 2 amide bonds. The van der Waals surface area contributed by atoms with E-state index < -0.39 is 34.5 Å². The average Bonchev–Trinajstić information content (AvgIpc) is 3.32. The number of benzene rings is 3. The predicted octanol–water partition coefficient (Wildman–Crippen LogP) is 4.17. The minimum atomic E-state index is -1.03. The van der Waals surface area contributed by atoms with E-state index in [0.29, 0.717) is 11.3 Å². The summed E-state index contributed by atoms with van der Waals surface area (Å²) >= 11 is 5.83. The van der Waals surface area contributed by atoms with Crippen LogP contribution in [0.3, 0.4) is 0 Å². The molecular formula is C23H14ClFN4O4. The molecule has 2 heterocycles. The molecule has 5 rings (SSSR count). The van der Waals surface area contributed by atoms with Gasteiger partial charge < -0.3 is 0 Å². The van der Waals surface area contributed by atoms with E-state index in [4.69, 9.17) is 11.6 Å². The zero-order chi connectivity index (χ0) is 23.3. The first-order valence-electron chi connectivity index (χ1n) is 9.87. The Hall–Kier alpha value is -4.11. The lowest BCUT2D eigenvalue weighted by Crippen LogP contribution is -2.39. The number of nitro benzene ring substituents is 1. The number of carbonyl (C=O) groups excluding carboxylic acids is 2. The van der Waals surface area contributed by atoms with Gasteiger partial charge in [-0.25, -0.2) is 9.29 Å². The largest absolute Gasteiger partial charge is 0.273 e. The van der Waals surface area contributed by atoms with Crippen LogP contribution in [0.5, 0.6) is 0 Å². The SMILES string of the molecule is O=C1C2C(c3ccc([N+](=O)[O-])cc3)=NN(c3ccccc3)C2C(=O)N1c1ccc(Cl)cc1F. The van der Waals surface area contributed by atoms with Crippen LogP contribution in [-0.2, 0) is 9.59 Å². The highest BCUT2D eigenvalue weighted by Crippen LogP contribution is 2.40. The summed E-state index contributed by atoms with van der Waals surface area (Å²) in [5, 5.41) is 17.1. The van der Waals surface area contributed by atoms with Crippen molar-refractivity contribution in [3.05, 3.63) is 99.3 Å². The molecule has 3 aromatic rings. The molecule has 8 nitrogen and oxygen atoms in total. The predicted molar refractivity (Wildman–Crippen MR) is 120 cm³/mol. The van der Waals surface area contributed by atoms with Crippen molar-refractivity contribution >= 4 is 46.2 Å². The number of imide groups is 1. The summed E-state index contributed by atoms with van der Waals surface area (Å²) in [6.07, 6.45) is 0. The number of rotatable bonds is 4. The number of hydrazone groups is 1. The van der Waals surface area contributed by atoms with Gasteiger partial charge >= 0.3 is 0 Å². The number of amides is 2. The molecule has 0 aromatic heterocycles. The van der Waals surface area contributed by atoms with E-state index >= 15 is 0 Å². The molecule has 0 spiro atoms. The van der Waals surface area contributed by atoms with Crippen molar-refractivity contribution in [3.63, 3.8) is 0 Å². The van der Waals surface area contributed by atoms with Gasteiger partial charge in [0.05, 0.1) is 22.0 Å². The molecule has 3 aromatic carbocycles. The molecule has 0 bridgehead atoms. The van der Waals surface area contributed by atoms with Gasteiger partial charge in [-0.2, -0.15) is 5.10 Å². The second-order valence-corrected chi connectivity index (χ2v) is 7.94. The number of hydrogen-bond acceptors (Lipinski definition) is 6. The number of halogens is 2. The molecule has 0 saturated carbocycles. The molecule has 2 aliphatic rings. The topological polar surface area (TPSA) is 96.1 Å². The Labute approximate surface area is 191 Å². The molecule has 2 atom stereocenters. The quantitative estimate of drug-likeness (QED) is 0.328. The summed E-state index contributed by atoms with van der Waals surface area (Å²) in [5.74, 6) is -3.09. The number of nitro groups is 1. The van der Waals surface area contributed by atoms with E-state index in [-0.39, 0.29) is 22.1 Å². The second-order valence-electron chi connectivity index (χ2n) is 7.50. The summed E-state index contributed by atoms with van der Waals surface area (Å²) in [4.78, 5) is 38.2. The van der Waals surface area contributed by atoms with Crippen LogP contribution >= 0.6 is 11.6 Å². The monoisotopic (exact) mass is 464 g/mol. The molecule has 1 fully saturated rings. The van der Waals surface area contributed by atoms with Gasteiger partial charge in [0.2, 0.25) is 5.91 Å². The van der Waals surface area contributed by atoms with E-state index in [2.05, 4.69) is 5.10 Å². The van der Waals surface area contributed by atoms with Crippen molar-refractivity contribution in [2.45, 2.75) is 6.04 Å². The Morgan fingerprint density at radius 2 is 1.67 bits per heavy atom. The molecule has 2 aliphatic heterocycles. The number of anilines is 2. The maximum Gasteiger partial charge on any atom is 0.269 e. The van der Waals surface area contributed by atoms with Gasteiger partial charge in [-0.1, -0.05) is 29.8 Å². The highest BCUT2D eigenvalue weighted by atomic mass is 35.5. The summed E-state index contributed by atoms with van der Waals surface area (Å²) in [6, 6.07) is 17.1. The van der Waals surface area contributed by atoms with Crippen molar-refractivity contribution in [1.82, 2.24) is 0 Å². The van der Waals surface area contributed by atoms with Crippen molar-refractivity contribution < 1.29 is 18.9 Å². The van der Waals surface area contributed by atoms with Gasteiger partial charge in [0, 0.05) is 17.2 Å². The summed E-state index contributed by atoms with van der Waals surface area (Å²) in [5.41, 5.74) is 0.985. The van der Waals surface area contributed by atoms with Crippen LogP contribution in [-0.4, -0.2) is 28.5 Å². The number of non-ortho nitro benzene ring substituents is 1. The van der Waals surface area contributed by atoms with Crippen molar-refractivity contribution in [2.75, 3.05) is 9.91 Å². The van der Waals surface area contributed by atoms with Gasteiger partial charge in [0.1, 0.15) is 17.8 Å². The van der Waals surface area contributed by atoms with Gasteiger partial charge in [0.15, 0.2) is 0 Å². The lowest BCUT2D eigenvalue weighted by Gasteiger charge is -2.22. The fourth-order valence-electron chi connectivity index (χ4n) is 4.10. The molecule has 0 aliphatic carbocycles. The van der Waals surface area contributed by atoms with Crippen LogP contribution in [0.1, 0.15) is 5.56 Å². The van der Waals surface area contributed by atoms with E-state index in [9.17, 15) is 24.1 Å². The standard InChI is InChI=1S/C23H14ClFN4O4/c24-14-8-11-18(17(25)12-14)27-22(30)19-20(13-6-9-16(10-7-13)29(32)33)26-28(21(19)23(27)31)15-4-2-1-3-5-15/h1-12,19,21H. The molecule has 2 unspecified atom stereocenters. The lowest BCUT2D eigenvalue weighted by atomic mass is 9.92. The van der Waals surface area contributed by atoms with Crippen LogP contribution in [0.25, 0.3) is 0 Å². The highest BCUT2D eigenvalue weighted by molar-refractivity contribution is 6.34. The summed E-state index contributed by atoms with van der Waals surface area (Å²) in [6.45, 7) is 0. The summed E-state index contributed by atoms with van der Waals surface area (Å²) in [7, 11) is 0. The Kier molecular flexibility index (Phi) is 4.90. The minimum absolute atomic E-state index is 0.118. The third-order valence-electron chi connectivity index (χ3n) is 5.59. The molecule has 0 N–H and O–H groups in total. The van der Waals surface area contributed by atoms with Crippen LogP contribution < -0.4 is 9.91 Å². The number of para-hydroxylation sites is 1. The normalized spacial score (nSPS) is 19.6. The van der Waals surface area contributed by atoms with E-state index in [1.807, 2.05) is 0 Å². The first-order valence-corrected chi connectivity index (χ1v) is 10.2. The van der Waals surface area contributed by atoms with E-state index in [0.717, 1.165) is 11.0 Å². The molecule has 164 valence electrons. The first kappa shape index (κ1) is 20.8. The Bertz CT molecular complexity index is 1330. The molecule has 10 heteroatoms. The van der Waals surface area contributed by atoms with E-state index in [1.54, 1.807) is 30.3 Å². The average molecular weight is 465 g/mol. The maximum absolute atomic E-state index is 14.6. The van der Waals surface area contributed by atoms with Gasteiger partial charge in [-0.3, -0.25) is 24.7 Å². The van der Waals surface area contributed by atoms with Gasteiger partial charge in [0.25, 0.3) is 11.6 Å². The van der Waals surface area contributed by atoms with Crippen LogP contribution in [0, 0.1) is 21.8 Å². The van der Waals surface area contributed by atoms with Crippen LogP contribution in [0.2, 0.25) is 5.02 Å². The van der Waals surface area contributed by atoms with Gasteiger partial charge in [-0.15, -0.1) is 0 Å². The third kappa shape index (κ3) is 3.33. The number of fused-ring (bicyclic) bond motifs is 1. The van der Waals surface area contributed by atoms with Crippen molar-refractivity contribution in [1.29, 1.82) is 0 Å². The maximum atomic E-state index is 14.6. The number of nitrogens with zero attached hydrogens (tertiary/aromatic N) is 4. The molecular weight excluding hydrogens is 451 g/mol. The van der Waals surface area contributed by atoms with Crippen LogP contribution in [0.4, 0.5) is 21.5 Å². The lowest BCUT2D eigenvalue weighted by molar-refractivity contribution is -0.384. The number of carbonyl (C=O) groups is 2.